The highest BCUT2D eigenvalue weighted by atomic mass is 16.2. The van der Waals surface area contributed by atoms with E-state index in [9.17, 15) is 4.79 Å². The topological polar surface area (TPSA) is 78.7 Å². The van der Waals surface area contributed by atoms with Crippen molar-refractivity contribution in [1.82, 2.24) is 9.97 Å². The van der Waals surface area contributed by atoms with Crippen LogP contribution >= 0.6 is 0 Å². The minimum absolute atomic E-state index is 0.0592. The van der Waals surface area contributed by atoms with E-state index in [0.717, 1.165) is 36.0 Å². The van der Waals surface area contributed by atoms with Crippen LogP contribution in [0, 0.1) is 58.2 Å². The van der Waals surface area contributed by atoms with Crippen molar-refractivity contribution in [3.63, 3.8) is 0 Å². The van der Waals surface area contributed by atoms with Crippen molar-refractivity contribution in [2.45, 2.75) is 84.5 Å². The first-order valence-corrected chi connectivity index (χ1v) is 13.1. The third kappa shape index (κ3) is 3.74. The summed E-state index contributed by atoms with van der Waals surface area (Å²) in [5.41, 5.74) is 0.380. The lowest BCUT2D eigenvalue weighted by Gasteiger charge is -2.56. The molecule has 172 valence electrons. The van der Waals surface area contributed by atoms with Crippen molar-refractivity contribution in [1.29, 1.82) is 5.26 Å². The standard InChI is InChI=1S/C27H38N4O/c1-3-4-17-5-7-20-18(13-17)6-8-22-21(20)11-12-27(2)23(22)9-10-24(27)26(32)31-25-16-29-19(14-28)15-30-25/h15-18,20-24H,3-13H2,1-2H3,(H,30,31,32). The van der Waals surface area contributed by atoms with Gasteiger partial charge >= 0.3 is 0 Å². The molecule has 0 bridgehead atoms. The molecule has 1 N–H and O–H groups in total. The number of amides is 1. The van der Waals surface area contributed by atoms with Crippen molar-refractivity contribution >= 4 is 11.7 Å². The Hall–Kier alpha value is -1.96. The van der Waals surface area contributed by atoms with E-state index < -0.39 is 0 Å². The second kappa shape index (κ2) is 8.76. The Morgan fingerprint density at radius 3 is 2.69 bits per heavy atom. The van der Waals surface area contributed by atoms with Crippen LogP contribution in [0.5, 0.6) is 0 Å². The summed E-state index contributed by atoms with van der Waals surface area (Å²) < 4.78 is 0. The van der Waals surface area contributed by atoms with E-state index in [-0.39, 0.29) is 22.9 Å². The third-order valence-electron chi connectivity index (χ3n) is 10.1. The molecular weight excluding hydrogens is 396 g/mol. The fourth-order valence-corrected chi connectivity index (χ4v) is 8.72. The number of nitrogens with zero attached hydrogens (tertiary/aromatic N) is 3. The molecule has 8 unspecified atom stereocenters. The minimum Gasteiger partial charge on any atom is -0.309 e. The lowest BCUT2D eigenvalue weighted by atomic mass is 9.49. The molecule has 5 rings (SSSR count). The Labute approximate surface area is 192 Å². The molecule has 5 nitrogen and oxygen atoms in total. The summed E-state index contributed by atoms with van der Waals surface area (Å²) in [6.07, 6.45) is 17.6. The number of carbonyl (C=O) groups is 1. The van der Waals surface area contributed by atoms with Gasteiger partial charge < -0.3 is 5.32 Å². The number of aromatic nitrogens is 2. The van der Waals surface area contributed by atoms with E-state index in [1.165, 1.54) is 76.6 Å². The van der Waals surface area contributed by atoms with Crippen molar-refractivity contribution < 1.29 is 4.79 Å². The monoisotopic (exact) mass is 434 g/mol. The Balaban J connectivity index is 1.26. The SMILES string of the molecule is CCCC1CCC2C(CCC3C2CCC2(C)C(C(=O)Nc4cnc(C#N)cn4)CCC32)C1. The van der Waals surface area contributed by atoms with E-state index in [1.807, 2.05) is 6.07 Å². The Bertz CT molecular complexity index is 877. The van der Waals surface area contributed by atoms with Gasteiger partial charge in [-0.3, -0.25) is 4.79 Å². The normalized spacial score (nSPS) is 40.5. The number of nitriles is 1. The number of anilines is 1. The molecular formula is C27H38N4O. The highest BCUT2D eigenvalue weighted by Crippen LogP contribution is 2.64. The highest BCUT2D eigenvalue weighted by Gasteiger charge is 2.58. The minimum atomic E-state index is 0.0592. The summed E-state index contributed by atoms with van der Waals surface area (Å²) in [5, 5.41) is 11.9. The molecule has 1 heterocycles. The summed E-state index contributed by atoms with van der Waals surface area (Å²) in [6.45, 7) is 4.74. The van der Waals surface area contributed by atoms with E-state index >= 15 is 0 Å². The van der Waals surface area contributed by atoms with E-state index in [1.54, 1.807) is 0 Å². The quantitative estimate of drug-likeness (QED) is 0.633. The lowest BCUT2D eigenvalue weighted by molar-refractivity contribution is -0.127. The molecule has 0 spiro atoms. The molecule has 5 heteroatoms. The molecule has 8 atom stereocenters. The Morgan fingerprint density at radius 1 is 1.09 bits per heavy atom. The van der Waals surface area contributed by atoms with Crippen LogP contribution in [-0.4, -0.2) is 15.9 Å². The molecule has 1 aromatic heterocycles. The zero-order valence-corrected chi connectivity index (χ0v) is 19.7. The van der Waals surface area contributed by atoms with Crippen LogP contribution < -0.4 is 5.32 Å². The van der Waals surface area contributed by atoms with Crippen LogP contribution in [0.15, 0.2) is 12.4 Å². The predicted molar refractivity (Wildman–Crippen MR) is 124 cm³/mol. The predicted octanol–water partition coefficient (Wildman–Crippen LogP) is 5.97. The Kier molecular flexibility index (Phi) is 5.99. The van der Waals surface area contributed by atoms with Crippen LogP contribution in [0.4, 0.5) is 5.82 Å². The lowest BCUT2D eigenvalue weighted by Crippen LogP contribution is -2.49. The molecule has 0 radical (unpaired) electrons. The second-order valence-corrected chi connectivity index (χ2v) is 11.5. The number of hydrogen-bond acceptors (Lipinski definition) is 4. The zero-order chi connectivity index (χ0) is 22.3. The first-order chi connectivity index (χ1) is 15.5. The zero-order valence-electron chi connectivity index (χ0n) is 19.7. The molecule has 4 aliphatic carbocycles. The number of fused-ring (bicyclic) bond motifs is 5. The fraction of sp³-hybridized carbons (Fsp3) is 0.778. The summed E-state index contributed by atoms with van der Waals surface area (Å²) in [6, 6.07) is 1.97. The number of hydrogen-bond donors (Lipinski definition) is 1. The molecule has 1 amide bonds. The number of rotatable bonds is 4. The van der Waals surface area contributed by atoms with Crippen molar-refractivity contribution in [3.8, 4) is 6.07 Å². The van der Waals surface area contributed by atoms with Crippen LogP contribution in [-0.2, 0) is 4.79 Å². The van der Waals surface area contributed by atoms with Gasteiger partial charge in [-0.15, -0.1) is 0 Å². The summed E-state index contributed by atoms with van der Waals surface area (Å²) in [4.78, 5) is 21.5. The second-order valence-electron chi connectivity index (χ2n) is 11.5. The van der Waals surface area contributed by atoms with Crippen LogP contribution in [0.1, 0.15) is 90.2 Å². The van der Waals surface area contributed by atoms with Gasteiger partial charge in [-0.2, -0.15) is 5.26 Å². The average molecular weight is 435 g/mol. The van der Waals surface area contributed by atoms with Gasteiger partial charge in [0, 0.05) is 5.92 Å². The molecule has 1 aromatic rings. The molecule has 0 aliphatic heterocycles. The van der Waals surface area contributed by atoms with Gasteiger partial charge in [0.2, 0.25) is 5.91 Å². The van der Waals surface area contributed by atoms with Gasteiger partial charge in [-0.1, -0.05) is 33.1 Å². The van der Waals surface area contributed by atoms with Crippen LogP contribution in [0.3, 0.4) is 0 Å². The maximum atomic E-state index is 13.3. The maximum absolute atomic E-state index is 13.3. The molecule has 4 aliphatic rings. The van der Waals surface area contributed by atoms with E-state index in [4.69, 9.17) is 5.26 Å². The highest BCUT2D eigenvalue weighted by molar-refractivity contribution is 5.92. The van der Waals surface area contributed by atoms with E-state index in [0.29, 0.717) is 11.7 Å². The van der Waals surface area contributed by atoms with E-state index in [2.05, 4.69) is 29.1 Å². The van der Waals surface area contributed by atoms with Crippen molar-refractivity contribution in [3.05, 3.63) is 18.1 Å². The first-order valence-electron chi connectivity index (χ1n) is 13.1. The summed E-state index contributed by atoms with van der Waals surface area (Å²) in [5.74, 6) is 5.94. The van der Waals surface area contributed by atoms with Gasteiger partial charge in [-0.25, -0.2) is 9.97 Å². The van der Waals surface area contributed by atoms with Crippen LogP contribution in [0.25, 0.3) is 0 Å². The van der Waals surface area contributed by atoms with Crippen LogP contribution in [0.2, 0.25) is 0 Å². The Morgan fingerprint density at radius 2 is 1.94 bits per heavy atom. The number of nitrogens with one attached hydrogen (secondary N) is 1. The molecule has 4 saturated carbocycles. The van der Waals surface area contributed by atoms with Gasteiger partial charge in [-0.05, 0) is 92.3 Å². The van der Waals surface area contributed by atoms with Crippen molar-refractivity contribution in [2.24, 2.45) is 46.8 Å². The molecule has 4 fully saturated rings. The van der Waals surface area contributed by atoms with Gasteiger partial charge in [0.15, 0.2) is 11.5 Å². The van der Waals surface area contributed by atoms with Crippen molar-refractivity contribution in [2.75, 3.05) is 5.32 Å². The largest absolute Gasteiger partial charge is 0.309 e. The smallest absolute Gasteiger partial charge is 0.229 e. The summed E-state index contributed by atoms with van der Waals surface area (Å²) >= 11 is 0. The molecule has 0 saturated heterocycles. The fourth-order valence-electron chi connectivity index (χ4n) is 8.72. The van der Waals surface area contributed by atoms with Gasteiger partial charge in [0.05, 0.1) is 12.4 Å². The average Bonchev–Trinajstić information content (AvgIpc) is 3.17. The molecule has 32 heavy (non-hydrogen) atoms. The number of carbonyl (C=O) groups excluding carboxylic acids is 1. The van der Waals surface area contributed by atoms with Gasteiger partial charge in [0.25, 0.3) is 0 Å². The first kappa shape index (κ1) is 21.9. The van der Waals surface area contributed by atoms with Gasteiger partial charge in [0.1, 0.15) is 6.07 Å². The molecule has 0 aromatic carbocycles. The third-order valence-corrected chi connectivity index (χ3v) is 10.1. The summed E-state index contributed by atoms with van der Waals surface area (Å²) in [7, 11) is 0. The maximum Gasteiger partial charge on any atom is 0.229 e.